The van der Waals surface area contributed by atoms with Crippen LogP contribution in [0.5, 0.6) is 0 Å². The molecule has 2 bridgehead atoms. The molecule has 2 saturated heterocycles. The molecule has 0 aromatic heterocycles. The third-order valence-electron chi connectivity index (χ3n) is 4.26. The van der Waals surface area contributed by atoms with Crippen molar-refractivity contribution >= 4 is 34.9 Å². The van der Waals surface area contributed by atoms with Crippen LogP contribution >= 0.6 is 23.2 Å². The number of anilines is 1. The van der Waals surface area contributed by atoms with Crippen molar-refractivity contribution < 1.29 is 4.79 Å². The van der Waals surface area contributed by atoms with E-state index in [4.69, 9.17) is 23.2 Å². The van der Waals surface area contributed by atoms with Gasteiger partial charge in [0.1, 0.15) is 0 Å². The van der Waals surface area contributed by atoms with Crippen molar-refractivity contribution in [1.82, 2.24) is 10.2 Å². The van der Waals surface area contributed by atoms with E-state index in [2.05, 4.69) is 17.6 Å². The van der Waals surface area contributed by atoms with E-state index in [9.17, 15) is 4.79 Å². The van der Waals surface area contributed by atoms with Crippen LogP contribution in [0.15, 0.2) is 18.2 Å². The minimum absolute atomic E-state index is 0.119. The smallest absolute Gasteiger partial charge is 0.314 e. The molecule has 1 aromatic carbocycles. The lowest BCUT2D eigenvalue weighted by Crippen LogP contribution is -2.61. The molecule has 4 nitrogen and oxygen atoms in total. The van der Waals surface area contributed by atoms with Crippen LogP contribution in [0.2, 0.25) is 10.0 Å². The predicted molar refractivity (Wildman–Crippen MR) is 81.6 cm³/mol. The number of halogens is 2. The van der Waals surface area contributed by atoms with E-state index in [-0.39, 0.29) is 17.6 Å². The normalized spacial score (nSPS) is 28.6. The predicted octanol–water partition coefficient (Wildman–Crippen LogP) is 3.35. The van der Waals surface area contributed by atoms with Gasteiger partial charge in [-0.1, -0.05) is 29.3 Å². The van der Waals surface area contributed by atoms with Crippen LogP contribution in [0.1, 0.15) is 19.8 Å². The number of nitrogens with one attached hydrogen (secondary N) is 2. The Bertz CT molecular complexity index is 527. The summed E-state index contributed by atoms with van der Waals surface area (Å²) >= 11 is 12.2. The highest BCUT2D eigenvalue weighted by Crippen LogP contribution is 2.37. The molecule has 20 heavy (non-hydrogen) atoms. The Morgan fingerprint density at radius 3 is 2.80 bits per heavy atom. The molecule has 1 aromatic rings. The first-order valence-electron chi connectivity index (χ1n) is 6.76. The van der Waals surface area contributed by atoms with Crippen molar-refractivity contribution in [2.45, 2.75) is 31.3 Å². The standard InChI is InChI=1S/C14H17Cl2N3O/c1-14-6-5-9(7-17-8-14)19(14)13(20)18-12-10(15)3-2-4-11(12)16/h2-4,9,17H,5-8H2,1H3,(H,18,20). The van der Waals surface area contributed by atoms with Crippen molar-refractivity contribution in [1.29, 1.82) is 0 Å². The van der Waals surface area contributed by atoms with Crippen LogP contribution in [0.3, 0.4) is 0 Å². The lowest BCUT2D eigenvalue weighted by atomic mass is 9.99. The van der Waals surface area contributed by atoms with Gasteiger partial charge in [-0.05, 0) is 31.9 Å². The lowest BCUT2D eigenvalue weighted by molar-refractivity contribution is 0.116. The van der Waals surface area contributed by atoms with Gasteiger partial charge in [-0.25, -0.2) is 4.79 Å². The number of carbonyl (C=O) groups is 1. The third kappa shape index (κ3) is 2.26. The maximum absolute atomic E-state index is 12.6. The summed E-state index contributed by atoms with van der Waals surface area (Å²) in [6.07, 6.45) is 2.06. The number of amides is 2. The summed E-state index contributed by atoms with van der Waals surface area (Å²) in [6, 6.07) is 5.33. The summed E-state index contributed by atoms with van der Waals surface area (Å²) in [7, 11) is 0. The first-order chi connectivity index (χ1) is 9.51. The zero-order chi connectivity index (χ0) is 14.3. The molecule has 2 unspecified atom stereocenters. The van der Waals surface area contributed by atoms with E-state index in [0.717, 1.165) is 25.9 Å². The molecule has 2 atom stereocenters. The monoisotopic (exact) mass is 313 g/mol. The second-order valence-electron chi connectivity index (χ2n) is 5.72. The first kappa shape index (κ1) is 14.0. The molecule has 2 amide bonds. The molecule has 2 aliphatic heterocycles. The highest BCUT2D eigenvalue weighted by atomic mass is 35.5. The molecule has 0 saturated carbocycles. The third-order valence-corrected chi connectivity index (χ3v) is 4.89. The Balaban J connectivity index is 1.83. The minimum Gasteiger partial charge on any atom is -0.314 e. The van der Waals surface area contributed by atoms with Crippen LogP contribution in [0, 0.1) is 0 Å². The number of para-hydroxylation sites is 1. The Labute approximate surface area is 128 Å². The summed E-state index contributed by atoms with van der Waals surface area (Å²) in [5, 5.41) is 7.17. The Morgan fingerprint density at radius 2 is 2.15 bits per heavy atom. The number of benzene rings is 1. The summed E-state index contributed by atoms with van der Waals surface area (Å²) < 4.78 is 0. The van der Waals surface area contributed by atoms with E-state index in [1.165, 1.54) is 0 Å². The van der Waals surface area contributed by atoms with E-state index in [1.807, 2.05) is 4.90 Å². The second kappa shape index (κ2) is 5.10. The Kier molecular flexibility index (Phi) is 3.56. The number of carbonyl (C=O) groups excluding carboxylic acids is 1. The van der Waals surface area contributed by atoms with E-state index >= 15 is 0 Å². The molecular weight excluding hydrogens is 297 g/mol. The molecule has 0 radical (unpaired) electrons. The topological polar surface area (TPSA) is 44.4 Å². The van der Waals surface area contributed by atoms with Crippen LogP contribution in [0.25, 0.3) is 0 Å². The molecule has 2 fully saturated rings. The largest absolute Gasteiger partial charge is 0.322 e. The molecular formula is C14H17Cl2N3O. The zero-order valence-corrected chi connectivity index (χ0v) is 12.8. The molecule has 0 spiro atoms. The fourth-order valence-electron chi connectivity index (χ4n) is 3.24. The first-order valence-corrected chi connectivity index (χ1v) is 7.52. The van der Waals surface area contributed by atoms with Gasteiger partial charge < -0.3 is 15.5 Å². The molecule has 2 N–H and O–H groups in total. The summed E-state index contributed by atoms with van der Waals surface area (Å²) in [5.74, 6) is 0. The maximum atomic E-state index is 12.6. The molecule has 2 heterocycles. The van der Waals surface area contributed by atoms with E-state index < -0.39 is 0 Å². The average Bonchev–Trinajstić information content (AvgIpc) is 2.60. The van der Waals surface area contributed by atoms with Gasteiger partial charge in [0.2, 0.25) is 0 Å². The fourth-order valence-corrected chi connectivity index (χ4v) is 3.73. The van der Waals surface area contributed by atoms with Gasteiger partial charge in [0.15, 0.2) is 0 Å². The van der Waals surface area contributed by atoms with Crippen molar-refractivity contribution in [2.75, 3.05) is 18.4 Å². The van der Waals surface area contributed by atoms with Crippen molar-refractivity contribution in [2.24, 2.45) is 0 Å². The van der Waals surface area contributed by atoms with Crippen LogP contribution in [-0.2, 0) is 0 Å². The van der Waals surface area contributed by atoms with Gasteiger partial charge in [-0.2, -0.15) is 0 Å². The quantitative estimate of drug-likeness (QED) is 0.835. The SMILES string of the molecule is CC12CCC(CNC1)N2C(=O)Nc1c(Cl)cccc1Cl. The average molecular weight is 314 g/mol. The number of nitrogens with zero attached hydrogens (tertiary/aromatic N) is 1. The zero-order valence-electron chi connectivity index (χ0n) is 11.2. The molecule has 108 valence electrons. The highest BCUT2D eigenvalue weighted by Gasteiger charge is 2.48. The Morgan fingerprint density at radius 1 is 1.45 bits per heavy atom. The van der Waals surface area contributed by atoms with E-state index in [0.29, 0.717) is 15.7 Å². The van der Waals surface area contributed by atoms with Crippen molar-refractivity contribution in [3.05, 3.63) is 28.2 Å². The van der Waals surface area contributed by atoms with Gasteiger partial charge in [-0.15, -0.1) is 0 Å². The highest BCUT2D eigenvalue weighted by molar-refractivity contribution is 6.39. The number of hydrogen-bond acceptors (Lipinski definition) is 2. The van der Waals surface area contributed by atoms with Crippen LogP contribution < -0.4 is 10.6 Å². The van der Waals surface area contributed by atoms with Gasteiger partial charge >= 0.3 is 6.03 Å². The fraction of sp³-hybridized carbons (Fsp3) is 0.500. The summed E-state index contributed by atoms with van der Waals surface area (Å²) in [6.45, 7) is 3.79. The number of urea groups is 1. The summed E-state index contributed by atoms with van der Waals surface area (Å²) in [5.41, 5.74) is 0.364. The van der Waals surface area contributed by atoms with Gasteiger partial charge in [0.25, 0.3) is 0 Å². The molecule has 0 aliphatic carbocycles. The lowest BCUT2D eigenvalue weighted by Gasteiger charge is -2.42. The number of piperazine rings is 1. The van der Waals surface area contributed by atoms with Crippen molar-refractivity contribution in [3.8, 4) is 0 Å². The second-order valence-corrected chi connectivity index (χ2v) is 6.53. The molecule has 3 rings (SSSR count). The number of fused-ring (bicyclic) bond motifs is 2. The Hall–Kier alpha value is -0.970. The maximum Gasteiger partial charge on any atom is 0.322 e. The van der Waals surface area contributed by atoms with E-state index in [1.54, 1.807) is 18.2 Å². The van der Waals surface area contributed by atoms with Gasteiger partial charge in [0.05, 0.1) is 21.3 Å². The molecule has 2 aliphatic rings. The number of rotatable bonds is 1. The number of hydrogen-bond donors (Lipinski definition) is 2. The minimum atomic E-state index is -0.124. The van der Waals surface area contributed by atoms with Crippen molar-refractivity contribution in [3.63, 3.8) is 0 Å². The van der Waals surface area contributed by atoms with Gasteiger partial charge in [0, 0.05) is 19.1 Å². The van der Waals surface area contributed by atoms with Crippen LogP contribution in [0.4, 0.5) is 10.5 Å². The summed E-state index contributed by atoms with van der Waals surface area (Å²) in [4.78, 5) is 14.6. The van der Waals surface area contributed by atoms with Gasteiger partial charge in [-0.3, -0.25) is 0 Å². The van der Waals surface area contributed by atoms with Crippen LogP contribution in [-0.4, -0.2) is 35.6 Å². The molecule has 6 heteroatoms.